The van der Waals surface area contributed by atoms with Crippen molar-refractivity contribution in [1.82, 2.24) is 10.6 Å². The number of benzene rings is 1. The molecule has 2 N–H and O–H groups in total. The molecule has 1 unspecified atom stereocenters. The molecule has 9 heteroatoms. The summed E-state index contributed by atoms with van der Waals surface area (Å²) in [5.74, 6) is 2.02. The van der Waals surface area contributed by atoms with E-state index in [0.717, 1.165) is 49.2 Å². The van der Waals surface area contributed by atoms with Gasteiger partial charge in [0.25, 0.3) is 0 Å². The zero-order valence-electron chi connectivity index (χ0n) is 17.0. The van der Waals surface area contributed by atoms with Crippen molar-refractivity contribution in [2.75, 3.05) is 52.4 Å². The summed E-state index contributed by atoms with van der Waals surface area (Å²) in [6.45, 7) is 4.94. The molecule has 0 aromatic heterocycles. The molecule has 1 atom stereocenters. The number of carbonyl (C=O) groups excluding carboxylic acids is 1. The minimum absolute atomic E-state index is 0. The predicted molar refractivity (Wildman–Crippen MR) is 121 cm³/mol. The molecular weight excluding hydrogens is 475 g/mol. The molecular formula is C19H31IN4O4. The van der Waals surface area contributed by atoms with Crippen LogP contribution >= 0.6 is 24.0 Å². The summed E-state index contributed by atoms with van der Waals surface area (Å²) in [7, 11) is 4.69. The van der Waals surface area contributed by atoms with Gasteiger partial charge in [0.2, 0.25) is 0 Å². The van der Waals surface area contributed by atoms with Crippen molar-refractivity contribution in [3.63, 3.8) is 0 Å². The van der Waals surface area contributed by atoms with Crippen molar-refractivity contribution in [3.05, 3.63) is 18.2 Å². The number of hydrogen-bond donors (Lipinski definition) is 2. The average Bonchev–Trinajstić information content (AvgIpc) is 3.16. The van der Waals surface area contributed by atoms with Gasteiger partial charge in [0, 0.05) is 49.6 Å². The highest BCUT2D eigenvalue weighted by Gasteiger charge is 2.24. The number of guanidine groups is 1. The Morgan fingerprint density at radius 3 is 2.46 bits per heavy atom. The van der Waals surface area contributed by atoms with Crippen LogP contribution < -0.4 is 25.0 Å². The minimum Gasteiger partial charge on any atom is -0.497 e. The second-order valence-corrected chi connectivity index (χ2v) is 6.23. The highest BCUT2D eigenvalue weighted by molar-refractivity contribution is 14.0. The summed E-state index contributed by atoms with van der Waals surface area (Å²) in [4.78, 5) is 18.0. The summed E-state index contributed by atoms with van der Waals surface area (Å²) in [5.41, 5.74) is 1.07. The fraction of sp³-hybridized carbons (Fsp3) is 0.579. The van der Waals surface area contributed by atoms with Crippen molar-refractivity contribution in [1.29, 1.82) is 0 Å². The summed E-state index contributed by atoms with van der Waals surface area (Å²) in [6, 6.07) is 6.16. The lowest BCUT2D eigenvalue weighted by Crippen LogP contribution is -2.44. The molecule has 0 spiro atoms. The summed E-state index contributed by atoms with van der Waals surface area (Å²) >= 11 is 0. The average molecular weight is 506 g/mol. The Balaban J connectivity index is 0.00000392. The van der Waals surface area contributed by atoms with Gasteiger partial charge in [0.15, 0.2) is 5.96 Å². The first-order valence-electron chi connectivity index (χ1n) is 9.19. The van der Waals surface area contributed by atoms with Gasteiger partial charge in [0.05, 0.1) is 34.3 Å². The topological polar surface area (TPSA) is 84.4 Å². The largest absolute Gasteiger partial charge is 0.497 e. The van der Waals surface area contributed by atoms with Crippen LogP contribution in [0.2, 0.25) is 0 Å². The third kappa shape index (κ3) is 7.25. The van der Waals surface area contributed by atoms with Crippen LogP contribution in [0.3, 0.4) is 0 Å². The van der Waals surface area contributed by atoms with E-state index in [1.165, 1.54) is 7.11 Å². The molecule has 28 heavy (non-hydrogen) atoms. The van der Waals surface area contributed by atoms with E-state index in [2.05, 4.69) is 25.3 Å². The normalized spacial score (nSPS) is 16.2. The first kappa shape index (κ1) is 24.1. The van der Waals surface area contributed by atoms with Crippen molar-refractivity contribution in [2.24, 2.45) is 4.99 Å². The van der Waals surface area contributed by atoms with Crippen LogP contribution in [0.5, 0.6) is 11.5 Å². The SMILES string of the molecule is CCNC(=NCCC(=O)OC)NC1CCN(c2cc(OC)cc(OC)c2)C1.I. The lowest BCUT2D eigenvalue weighted by molar-refractivity contribution is -0.140. The number of aliphatic imine (C=N–C) groups is 1. The van der Waals surface area contributed by atoms with Crippen LogP contribution in [0.15, 0.2) is 23.2 Å². The van der Waals surface area contributed by atoms with Crippen LogP contribution in [-0.4, -0.2) is 65.5 Å². The molecule has 1 aliphatic heterocycles. The van der Waals surface area contributed by atoms with Crippen LogP contribution in [0.4, 0.5) is 5.69 Å². The van der Waals surface area contributed by atoms with Crippen molar-refractivity contribution in [2.45, 2.75) is 25.8 Å². The Labute approximate surface area is 184 Å². The summed E-state index contributed by atoms with van der Waals surface area (Å²) in [5, 5.41) is 6.67. The molecule has 0 saturated carbocycles. The number of hydrogen-bond acceptors (Lipinski definition) is 6. The standard InChI is InChI=1S/C19H30N4O4.HI/c1-5-20-19(21-8-6-18(24)27-4)22-14-7-9-23(13-14)15-10-16(25-2)12-17(11-15)26-3;/h10-12,14H,5-9,13H2,1-4H3,(H2,20,21,22);1H. The molecule has 1 aromatic carbocycles. The predicted octanol–water partition coefficient (Wildman–Crippen LogP) is 2.02. The van der Waals surface area contributed by atoms with E-state index in [4.69, 9.17) is 9.47 Å². The maximum absolute atomic E-state index is 11.2. The molecule has 158 valence electrons. The van der Waals surface area contributed by atoms with Crippen molar-refractivity contribution in [3.8, 4) is 11.5 Å². The molecule has 1 aromatic rings. The first-order valence-corrected chi connectivity index (χ1v) is 9.19. The third-order valence-corrected chi connectivity index (χ3v) is 4.39. The monoisotopic (exact) mass is 506 g/mol. The molecule has 0 bridgehead atoms. The number of carbonyl (C=O) groups is 1. The van der Waals surface area contributed by atoms with E-state index < -0.39 is 0 Å². The molecule has 0 amide bonds. The van der Waals surface area contributed by atoms with Crippen LogP contribution in [-0.2, 0) is 9.53 Å². The van der Waals surface area contributed by atoms with Gasteiger partial charge in [-0.2, -0.15) is 0 Å². The zero-order chi connectivity index (χ0) is 19.6. The number of esters is 1. The van der Waals surface area contributed by atoms with Gasteiger partial charge in [-0.3, -0.25) is 9.79 Å². The maximum atomic E-state index is 11.2. The highest BCUT2D eigenvalue weighted by atomic mass is 127. The van der Waals surface area contributed by atoms with Crippen molar-refractivity contribution < 1.29 is 19.0 Å². The van der Waals surface area contributed by atoms with E-state index in [9.17, 15) is 4.79 Å². The smallest absolute Gasteiger partial charge is 0.307 e. The number of anilines is 1. The quantitative estimate of drug-likeness (QED) is 0.242. The Bertz CT molecular complexity index is 635. The number of halogens is 1. The first-order chi connectivity index (χ1) is 13.1. The number of ether oxygens (including phenoxy) is 3. The molecule has 8 nitrogen and oxygen atoms in total. The fourth-order valence-corrected chi connectivity index (χ4v) is 2.96. The zero-order valence-corrected chi connectivity index (χ0v) is 19.3. The molecule has 1 saturated heterocycles. The van der Waals surface area contributed by atoms with Gasteiger partial charge in [0.1, 0.15) is 11.5 Å². The summed E-state index contributed by atoms with van der Waals surface area (Å²) in [6.07, 6.45) is 1.26. The van der Waals surface area contributed by atoms with Gasteiger partial charge in [-0.05, 0) is 13.3 Å². The fourth-order valence-electron chi connectivity index (χ4n) is 2.96. The lowest BCUT2D eigenvalue weighted by atomic mass is 10.2. The Morgan fingerprint density at radius 2 is 1.89 bits per heavy atom. The molecule has 0 radical (unpaired) electrons. The van der Waals surface area contributed by atoms with E-state index in [1.807, 2.05) is 25.1 Å². The van der Waals surface area contributed by atoms with Gasteiger partial charge in [-0.25, -0.2) is 0 Å². The van der Waals surface area contributed by atoms with Gasteiger partial charge >= 0.3 is 5.97 Å². The second kappa shape index (κ2) is 12.5. The van der Waals surface area contributed by atoms with Gasteiger partial charge < -0.3 is 29.7 Å². The maximum Gasteiger partial charge on any atom is 0.307 e. The molecule has 1 aliphatic rings. The highest BCUT2D eigenvalue weighted by Crippen LogP contribution is 2.30. The minimum atomic E-state index is -0.256. The van der Waals surface area contributed by atoms with E-state index >= 15 is 0 Å². The lowest BCUT2D eigenvalue weighted by Gasteiger charge is -2.21. The van der Waals surface area contributed by atoms with Gasteiger partial charge in [-0.15, -0.1) is 24.0 Å². The number of nitrogens with zero attached hydrogens (tertiary/aromatic N) is 2. The number of nitrogens with one attached hydrogen (secondary N) is 2. The third-order valence-electron chi connectivity index (χ3n) is 4.39. The Morgan fingerprint density at radius 1 is 1.21 bits per heavy atom. The van der Waals surface area contributed by atoms with E-state index in [0.29, 0.717) is 6.54 Å². The number of methoxy groups -OCH3 is 3. The molecule has 1 heterocycles. The van der Waals surface area contributed by atoms with Gasteiger partial charge in [-0.1, -0.05) is 0 Å². The Kier molecular flexibility index (Phi) is 10.8. The van der Waals surface area contributed by atoms with Crippen LogP contribution in [0, 0.1) is 0 Å². The van der Waals surface area contributed by atoms with Crippen LogP contribution in [0.25, 0.3) is 0 Å². The molecule has 0 aliphatic carbocycles. The van der Waals surface area contributed by atoms with Crippen molar-refractivity contribution >= 4 is 41.6 Å². The van der Waals surface area contributed by atoms with E-state index in [1.54, 1.807) is 14.2 Å². The van der Waals surface area contributed by atoms with Crippen LogP contribution in [0.1, 0.15) is 19.8 Å². The Hall–Kier alpha value is -1.91. The summed E-state index contributed by atoms with van der Waals surface area (Å²) < 4.78 is 15.4. The number of rotatable bonds is 8. The molecule has 2 rings (SSSR count). The second-order valence-electron chi connectivity index (χ2n) is 6.23. The molecule has 1 fully saturated rings. The van der Waals surface area contributed by atoms with E-state index in [-0.39, 0.29) is 42.4 Å².